The second kappa shape index (κ2) is 7.79. The van der Waals surface area contributed by atoms with E-state index in [2.05, 4.69) is 6.58 Å². The van der Waals surface area contributed by atoms with E-state index in [0.29, 0.717) is 32.0 Å². The van der Waals surface area contributed by atoms with Crippen molar-refractivity contribution in [3.8, 4) is 0 Å². The van der Waals surface area contributed by atoms with Gasteiger partial charge in [0.25, 0.3) is 0 Å². The normalized spacial score (nSPS) is 45.1. The molecule has 9 atom stereocenters. The Hall–Kier alpha value is -2.48. The summed E-state index contributed by atoms with van der Waals surface area (Å²) in [5.74, 6) is -3.48. The fourth-order valence-electron chi connectivity index (χ4n) is 7.88. The molecule has 1 N–H and O–H groups in total. The fraction of sp³-hybridized carbons (Fsp3) is 0.680. The molecule has 8 nitrogen and oxygen atoms in total. The summed E-state index contributed by atoms with van der Waals surface area (Å²) in [4.78, 5) is 48.9. The van der Waals surface area contributed by atoms with Gasteiger partial charge in [-0.25, -0.2) is 0 Å². The predicted molar refractivity (Wildman–Crippen MR) is 116 cm³/mol. The highest BCUT2D eigenvalue weighted by Crippen LogP contribution is 2.74. The number of carboxylic acid groups (broad SMARTS) is 1. The van der Waals surface area contributed by atoms with Crippen molar-refractivity contribution in [1.29, 1.82) is 0 Å². The van der Waals surface area contributed by atoms with Gasteiger partial charge in [0.15, 0.2) is 0 Å². The number of hydrogen-bond acceptors (Lipinski definition) is 7. The molecule has 180 valence electrons. The van der Waals surface area contributed by atoms with Crippen LogP contribution in [-0.4, -0.2) is 53.2 Å². The van der Waals surface area contributed by atoms with E-state index in [4.69, 9.17) is 14.2 Å². The first-order valence-electron chi connectivity index (χ1n) is 11.5. The zero-order valence-corrected chi connectivity index (χ0v) is 19.5. The van der Waals surface area contributed by atoms with Gasteiger partial charge in [0.2, 0.25) is 0 Å². The molecule has 2 bridgehead atoms. The lowest BCUT2D eigenvalue weighted by Gasteiger charge is -2.45. The first-order chi connectivity index (χ1) is 15.5. The summed E-state index contributed by atoms with van der Waals surface area (Å²) in [5.41, 5.74) is -1.65. The first kappa shape index (κ1) is 23.7. The third-order valence-electron chi connectivity index (χ3n) is 8.88. The highest BCUT2D eigenvalue weighted by molar-refractivity contribution is 5.75. The van der Waals surface area contributed by atoms with Crippen LogP contribution in [0.25, 0.3) is 0 Å². The highest BCUT2D eigenvalue weighted by Gasteiger charge is 2.77. The van der Waals surface area contributed by atoms with Gasteiger partial charge in [0.05, 0.1) is 12.0 Å². The first-order valence-corrected chi connectivity index (χ1v) is 11.5. The summed E-state index contributed by atoms with van der Waals surface area (Å²) < 4.78 is 17.7. The maximum atomic E-state index is 12.9. The number of carbonyl (C=O) groups excluding carboxylic acids is 3. The molecule has 0 aromatic rings. The fourth-order valence-corrected chi connectivity index (χ4v) is 7.88. The topological polar surface area (TPSA) is 116 Å². The average Bonchev–Trinajstić information content (AvgIpc) is 3.27. The lowest BCUT2D eigenvalue weighted by molar-refractivity contribution is -0.167. The molecule has 33 heavy (non-hydrogen) atoms. The van der Waals surface area contributed by atoms with Crippen molar-refractivity contribution in [3.05, 3.63) is 24.3 Å². The van der Waals surface area contributed by atoms with Crippen molar-refractivity contribution >= 4 is 24.2 Å². The van der Waals surface area contributed by atoms with Gasteiger partial charge in [0.1, 0.15) is 24.1 Å². The van der Waals surface area contributed by atoms with E-state index in [9.17, 15) is 24.3 Å². The summed E-state index contributed by atoms with van der Waals surface area (Å²) in [5, 5.41) is 10.6. The predicted octanol–water partition coefficient (Wildman–Crippen LogP) is 2.85. The standard InChI is InChI=1S/C25H32O8/c1-6-15-10-24-12-25(15,33-14(4)28)9-8-16(24)21-19(20(24)22(29)30)23(5,18(11-26)32-21)17(7-2)31-13(3)27/h6-7,11,16-21H,2,8-10,12H2,1,3-5H3,(H,29,30)/b15-6-/t16-,17-,18-,19-,20+,21+,23-,24-,25-/m0/s1. The number of allylic oxidation sites excluding steroid dienone is 1. The number of rotatable bonds is 6. The number of hydrogen-bond donors (Lipinski definition) is 1. The minimum absolute atomic E-state index is 0.128. The molecule has 0 aromatic heterocycles. The Morgan fingerprint density at radius 2 is 1.97 bits per heavy atom. The van der Waals surface area contributed by atoms with Gasteiger partial charge in [-0.3, -0.25) is 14.4 Å². The average molecular weight is 461 g/mol. The minimum atomic E-state index is -1.10. The van der Waals surface area contributed by atoms with Gasteiger partial charge in [0, 0.05) is 25.2 Å². The van der Waals surface area contributed by atoms with Crippen molar-refractivity contribution in [2.75, 3.05) is 0 Å². The summed E-state index contributed by atoms with van der Waals surface area (Å²) in [6.45, 7) is 10.1. The highest BCUT2D eigenvalue weighted by atomic mass is 16.6. The van der Waals surface area contributed by atoms with Crippen molar-refractivity contribution in [1.82, 2.24) is 0 Å². The van der Waals surface area contributed by atoms with Crippen LogP contribution in [0, 0.1) is 28.6 Å². The maximum absolute atomic E-state index is 12.9. The molecular formula is C25H32O8. The van der Waals surface area contributed by atoms with Crippen LogP contribution in [-0.2, 0) is 33.4 Å². The molecule has 4 aliphatic rings. The number of aliphatic carboxylic acids is 1. The smallest absolute Gasteiger partial charge is 0.307 e. The van der Waals surface area contributed by atoms with E-state index in [1.54, 1.807) is 6.92 Å². The van der Waals surface area contributed by atoms with Crippen LogP contribution in [0.2, 0.25) is 0 Å². The lowest BCUT2D eigenvalue weighted by atomic mass is 9.60. The molecule has 4 rings (SSSR count). The van der Waals surface area contributed by atoms with Crippen LogP contribution in [0.3, 0.4) is 0 Å². The van der Waals surface area contributed by atoms with Crippen molar-refractivity contribution in [3.63, 3.8) is 0 Å². The summed E-state index contributed by atoms with van der Waals surface area (Å²) in [7, 11) is 0. The van der Waals surface area contributed by atoms with Gasteiger partial charge >= 0.3 is 17.9 Å². The molecule has 1 spiro atoms. The summed E-state index contributed by atoms with van der Waals surface area (Å²) >= 11 is 0. The number of fused-ring (bicyclic) bond motifs is 3. The van der Waals surface area contributed by atoms with Crippen LogP contribution in [0.15, 0.2) is 24.3 Å². The van der Waals surface area contributed by atoms with Gasteiger partial charge in [-0.2, -0.15) is 0 Å². The largest absolute Gasteiger partial charge is 0.481 e. The van der Waals surface area contributed by atoms with E-state index in [-0.39, 0.29) is 5.92 Å². The quantitative estimate of drug-likeness (QED) is 0.365. The molecule has 3 aliphatic carbocycles. The van der Waals surface area contributed by atoms with E-state index < -0.39 is 64.5 Å². The van der Waals surface area contributed by atoms with Crippen LogP contribution in [0.1, 0.15) is 53.4 Å². The molecule has 0 unspecified atom stereocenters. The molecule has 3 saturated carbocycles. The van der Waals surface area contributed by atoms with E-state index >= 15 is 0 Å². The third-order valence-corrected chi connectivity index (χ3v) is 8.88. The number of carboxylic acids is 1. The van der Waals surface area contributed by atoms with Crippen molar-refractivity contribution < 1.29 is 38.5 Å². The molecule has 8 heteroatoms. The van der Waals surface area contributed by atoms with Crippen LogP contribution in [0.4, 0.5) is 0 Å². The number of ether oxygens (including phenoxy) is 3. The van der Waals surface area contributed by atoms with Crippen molar-refractivity contribution in [2.24, 2.45) is 28.6 Å². The van der Waals surface area contributed by atoms with E-state index in [1.807, 2.05) is 13.0 Å². The molecule has 1 heterocycles. The second-order valence-electron chi connectivity index (χ2n) is 10.3. The monoisotopic (exact) mass is 460 g/mol. The molecule has 0 radical (unpaired) electrons. The van der Waals surface area contributed by atoms with Gasteiger partial charge in [-0.1, -0.05) is 25.7 Å². The minimum Gasteiger partial charge on any atom is -0.481 e. The zero-order chi connectivity index (χ0) is 24.3. The Morgan fingerprint density at radius 1 is 1.27 bits per heavy atom. The zero-order valence-electron chi connectivity index (χ0n) is 19.5. The SMILES string of the molecule is C=C[C@H](OC(C)=O)[C@]1(C)[C@@H]2[C@H](O[C@H]1C=O)[C@@H]1CC[C@]3(OC(C)=O)C[C@]1(C/C3=C/C)[C@H]2C(=O)O. The van der Waals surface area contributed by atoms with Crippen LogP contribution < -0.4 is 0 Å². The number of esters is 2. The van der Waals surface area contributed by atoms with Crippen LogP contribution >= 0.6 is 0 Å². The molecule has 1 saturated heterocycles. The molecule has 0 amide bonds. The Labute approximate surface area is 193 Å². The molecule has 4 fully saturated rings. The molecule has 1 aliphatic heterocycles. The summed E-state index contributed by atoms with van der Waals surface area (Å²) in [6.07, 6.45) is 3.85. The van der Waals surface area contributed by atoms with Crippen LogP contribution in [0.5, 0.6) is 0 Å². The van der Waals surface area contributed by atoms with Gasteiger partial charge in [-0.05, 0) is 49.5 Å². The Balaban J connectivity index is 1.86. The Morgan fingerprint density at radius 3 is 2.48 bits per heavy atom. The van der Waals surface area contributed by atoms with Gasteiger partial charge in [-0.15, -0.1) is 0 Å². The summed E-state index contributed by atoms with van der Waals surface area (Å²) in [6, 6.07) is 0. The number of carbonyl (C=O) groups is 4. The maximum Gasteiger partial charge on any atom is 0.307 e. The second-order valence-corrected chi connectivity index (χ2v) is 10.3. The molecular weight excluding hydrogens is 428 g/mol. The lowest BCUT2D eigenvalue weighted by Crippen LogP contribution is -2.51. The number of aldehydes is 1. The molecule has 0 aromatic carbocycles. The van der Waals surface area contributed by atoms with Crippen molar-refractivity contribution in [2.45, 2.75) is 77.3 Å². The third kappa shape index (κ3) is 3.06. The Kier molecular flexibility index (Phi) is 5.59. The Bertz CT molecular complexity index is 939. The van der Waals surface area contributed by atoms with Gasteiger partial charge < -0.3 is 24.1 Å². The van der Waals surface area contributed by atoms with E-state index in [0.717, 1.165) is 5.57 Å². The van der Waals surface area contributed by atoms with E-state index in [1.165, 1.54) is 19.9 Å².